The third-order valence-electron chi connectivity index (χ3n) is 6.04. The van der Waals surface area contributed by atoms with Crippen molar-refractivity contribution >= 4 is 34.4 Å². The summed E-state index contributed by atoms with van der Waals surface area (Å²) in [5, 5.41) is 17.6. The lowest BCUT2D eigenvalue weighted by atomic mass is 10.1. The number of carbonyl (C=O) groups is 3. The lowest BCUT2D eigenvalue weighted by Gasteiger charge is -2.14. The number of anilines is 1. The topological polar surface area (TPSA) is 121 Å². The van der Waals surface area contributed by atoms with Gasteiger partial charge >= 0.3 is 0 Å². The number of nitrogens with one attached hydrogen (secondary N) is 1. The molecule has 0 saturated carbocycles. The summed E-state index contributed by atoms with van der Waals surface area (Å²) in [6.45, 7) is 3.84. The number of carbonyl (C=O) groups excluding carboxylic acids is 3. The smallest absolute Gasteiger partial charge is 0.261 e. The molecule has 0 bridgehead atoms. The quantitative estimate of drug-likeness (QED) is 0.451. The summed E-state index contributed by atoms with van der Waals surface area (Å²) in [4.78, 5) is 43.7. The Morgan fingerprint density at radius 1 is 1.03 bits per heavy atom. The highest BCUT2D eigenvalue weighted by Gasteiger charge is 2.35. The highest BCUT2D eigenvalue weighted by atomic mass is 16.2. The van der Waals surface area contributed by atoms with Gasteiger partial charge in [0.2, 0.25) is 5.91 Å². The van der Waals surface area contributed by atoms with Crippen LogP contribution in [-0.4, -0.2) is 43.9 Å². The number of nitrogens with zero attached hydrogens (tertiary/aromatic N) is 5. The Balaban J connectivity index is 1.39. The van der Waals surface area contributed by atoms with Gasteiger partial charge in [0.15, 0.2) is 11.6 Å². The number of aromatic nitrogens is 3. The normalized spacial score (nSPS) is 12.7. The van der Waals surface area contributed by atoms with Crippen LogP contribution >= 0.6 is 0 Å². The van der Waals surface area contributed by atoms with Gasteiger partial charge in [0, 0.05) is 18.4 Å². The summed E-state index contributed by atoms with van der Waals surface area (Å²) < 4.78 is 1.41. The van der Waals surface area contributed by atoms with Gasteiger partial charge in [0.05, 0.1) is 22.8 Å². The fraction of sp³-hybridized carbons (Fsp3) is 0.154. The second-order valence-electron chi connectivity index (χ2n) is 8.30. The summed E-state index contributed by atoms with van der Waals surface area (Å²) >= 11 is 0. The Morgan fingerprint density at radius 2 is 1.74 bits per heavy atom. The molecule has 1 N–H and O–H groups in total. The predicted octanol–water partition coefficient (Wildman–Crippen LogP) is 3.53. The maximum absolute atomic E-state index is 12.8. The van der Waals surface area contributed by atoms with Gasteiger partial charge in [0.25, 0.3) is 11.8 Å². The lowest BCUT2D eigenvalue weighted by Crippen LogP contribution is -2.33. The van der Waals surface area contributed by atoms with Crippen LogP contribution in [0.4, 0.5) is 5.82 Å². The number of benzene rings is 2. The monoisotopic (exact) mass is 464 g/mol. The predicted molar refractivity (Wildman–Crippen MR) is 128 cm³/mol. The first kappa shape index (κ1) is 22.0. The van der Waals surface area contributed by atoms with E-state index in [0.717, 1.165) is 26.9 Å². The number of hydrogen-bond donors (Lipinski definition) is 1. The van der Waals surface area contributed by atoms with Crippen molar-refractivity contribution in [3.63, 3.8) is 0 Å². The largest absolute Gasteiger partial charge is 0.309 e. The standard InChI is InChI=1S/C26H20N6O3/c1-15-6-5-9-18-16(2)12-21(29-23(15)18)32-24(17(13-27)14-28-32)30-22(33)10-11-31-25(34)19-7-3-4-8-20(19)26(31)35/h3-9,12,14H,10-11H2,1-2H3,(H,30,33). The van der Waals surface area contributed by atoms with Gasteiger partial charge in [-0.25, -0.2) is 4.98 Å². The van der Waals surface area contributed by atoms with E-state index in [1.54, 1.807) is 24.3 Å². The minimum absolute atomic E-state index is 0.0826. The van der Waals surface area contributed by atoms with Crippen LogP contribution in [0, 0.1) is 25.2 Å². The van der Waals surface area contributed by atoms with Crippen LogP contribution < -0.4 is 5.32 Å². The fourth-order valence-electron chi connectivity index (χ4n) is 4.23. The van der Waals surface area contributed by atoms with Crippen LogP contribution in [0.25, 0.3) is 16.7 Å². The molecule has 0 unspecified atom stereocenters. The van der Waals surface area contributed by atoms with Gasteiger partial charge in [-0.1, -0.05) is 30.3 Å². The van der Waals surface area contributed by atoms with Crippen LogP contribution in [0.5, 0.6) is 0 Å². The summed E-state index contributed by atoms with van der Waals surface area (Å²) in [7, 11) is 0. The van der Waals surface area contributed by atoms with E-state index in [4.69, 9.17) is 4.98 Å². The Bertz CT molecular complexity index is 1540. The molecule has 2 aromatic heterocycles. The van der Waals surface area contributed by atoms with Crippen LogP contribution in [-0.2, 0) is 4.79 Å². The first-order valence-electron chi connectivity index (χ1n) is 11.0. The van der Waals surface area contributed by atoms with E-state index < -0.39 is 17.7 Å². The number of para-hydroxylation sites is 1. The number of rotatable bonds is 5. The minimum Gasteiger partial charge on any atom is -0.309 e. The third kappa shape index (κ3) is 3.71. The molecular formula is C26H20N6O3. The van der Waals surface area contributed by atoms with Crippen molar-refractivity contribution in [1.29, 1.82) is 5.26 Å². The van der Waals surface area contributed by atoms with Crippen LogP contribution in [0.1, 0.15) is 43.8 Å². The number of hydrogen-bond acceptors (Lipinski definition) is 6. The van der Waals surface area contributed by atoms with Gasteiger partial charge in [-0.2, -0.15) is 15.0 Å². The number of aryl methyl sites for hydroxylation is 2. The van der Waals surface area contributed by atoms with E-state index in [2.05, 4.69) is 10.4 Å². The molecule has 4 aromatic rings. The molecule has 9 heteroatoms. The molecule has 172 valence electrons. The van der Waals surface area contributed by atoms with Crippen LogP contribution in [0.15, 0.2) is 54.7 Å². The Morgan fingerprint density at radius 3 is 2.43 bits per heavy atom. The molecule has 1 aliphatic heterocycles. The molecule has 0 aliphatic carbocycles. The number of nitriles is 1. The van der Waals surface area contributed by atoms with E-state index >= 15 is 0 Å². The maximum atomic E-state index is 12.8. The first-order chi connectivity index (χ1) is 16.9. The van der Waals surface area contributed by atoms with Crippen LogP contribution in [0.2, 0.25) is 0 Å². The summed E-state index contributed by atoms with van der Waals surface area (Å²) in [5.41, 5.74) is 3.60. The van der Waals surface area contributed by atoms with Crippen molar-refractivity contribution < 1.29 is 14.4 Å². The molecule has 0 fully saturated rings. The Hall–Kier alpha value is -4.84. The van der Waals surface area contributed by atoms with E-state index in [1.807, 2.05) is 44.2 Å². The van der Waals surface area contributed by atoms with Crippen molar-refractivity contribution in [1.82, 2.24) is 19.7 Å². The maximum Gasteiger partial charge on any atom is 0.261 e. The van der Waals surface area contributed by atoms with Crippen LogP contribution in [0.3, 0.4) is 0 Å². The molecule has 3 heterocycles. The second kappa shape index (κ2) is 8.50. The molecule has 3 amide bonds. The zero-order valence-corrected chi connectivity index (χ0v) is 19.1. The van der Waals surface area contributed by atoms with E-state index in [-0.39, 0.29) is 24.3 Å². The lowest BCUT2D eigenvalue weighted by molar-refractivity contribution is -0.116. The average Bonchev–Trinajstić information content (AvgIpc) is 3.36. The molecule has 9 nitrogen and oxygen atoms in total. The molecule has 5 rings (SSSR count). The zero-order chi connectivity index (χ0) is 24.7. The highest BCUT2D eigenvalue weighted by molar-refractivity contribution is 6.21. The van der Waals surface area contributed by atoms with Crippen molar-refractivity contribution in [2.24, 2.45) is 0 Å². The number of pyridine rings is 1. The van der Waals surface area contributed by atoms with Gasteiger partial charge < -0.3 is 5.32 Å². The molecule has 1 aliphatic rings. The van der Waals surface area contributed by atoms with Crippen molar-refractivity contribution in [3.05, 3.63) is 82.5 Å². The second-order valence-corrected chi connectivity index (χ2v) is 8.30. The summed E-state index contributed by atoms with van der Waals surface area (Å²) in [6.07, 6.45) is 1.23. The third-order valence-corrected chi connectivity index (χ3v) is 6.04. The molecule has 0 spiro atoms. The van der Waals surface area contributed by atoms with Crippen molar-refractivity contribution in [2.75, 3.05) is 11.9 Å². The van der Waals surface area contributed by atoms with Crippen molar-refractivity contribution in [3.8, 4) is 11.9 Å². The highest BCUT2D eigenvalue weighted by Crippen LogP contribution is 2.26. The van der Waals surface area contributed by atoms with E-state index in [1.165, 1.54) is 10.9 Å². The summed E-state index contributed by atoms with van der Waals surface area (Å²) in [6, 6.07) is 16.3. The zero-order valence-electron chi connectivity index (χ0n) is 19.1. The Kier molecular flexibility index (Phi) is 5.34. The van der Waals surface area contributed by atoms with Gasteiger partial charge in [-0.05, 0) is 43.2 Å². The van der Waals surface area contributed by atoms with Gasteiger partial charge in [-0.15, -0.1) is 0 Å². The summed E-state index contributed by atoms with van der Waals surface area (Å²) in [5.74, 6) is -0.672. The SMILES string of the molecule is Cc1cc(-n2ncc(C#N)c2NC(=O)CCN2C(=O)c3ccccc3C2=O)nc2c(C)cccc12. The molecule has 0 atom stereocenters. The van der Waals surface area contributed by atoms with Crippen molar-refractivity contribution in [2.45, 2.75) is 20.3 Å². The number of amides is 3. The van der Waals surface area contributed by atoms with Gasteiger partial charge in [0.1, 0.15) is 11.6 Å². The number of fused-ring (bicyclic) bond motifs is 2. The molecule has 2 aromatic carbocycles. The van der Waals surface area contributed by atoms with E-state index in [0.29, 0.717) is 16.9 Å². The van der Waals surface area contributed by atoms with Gasteiger partial charge in [-0.3, -0.25) is 19.3 Å². The minimum atomic E-state index is -0.464. The van der Waals surface area contributed by atoms with E-state index in [9.17, 15) is 19.6 Å². The average molecular weight is 464 g/mol. The molecule has 0 radical (unpaired) electrons. The number of imide groups is 1. The first-order valence-corrected chi connectivity index (χ1v) is 11.0. The molecule has 35 heavy (non-hydrogen) atoms. The molecule has 0 saturated heterocycles. The fourth-order valence-corrected chi connectivity index (χ4v) is 4.23. The Labute approximate surface area is 200 Å². The molecular weight excluding hydrogens is 444 g/mol.